The molecule has 0 saturated carbocycles. The normalized spacial score (nSPS) is 38.2. The second kappa shape index (κ2) is 6.44. The van der Waals surface area contributed by atoms with Crippen LogP contribution in [0.25, 0.3) is 0 Å². The van der Waals surface area contributed by atoms with Crippen LogP contribution in [0, 0.1) is 5.92 Å². The maximum absolute atomic E-state index is 11.6. The highest BCUT2D eigenvalue weighted by Crippen LogP contribution is 2.26. The molecule has 1 aliphatic rings. The Morgan fingerprint density at radius 3 is 2.39 bits per heavy atom. The van der Waals surface area contributed by atoms with Crippen LogP contribution in [-0.4, -0.2) is 70.1 Å². The summed E-state index contributed by atoms with van der Waals surface area (Å²) in [6.07, 6.45) is -6.35. The molecule has 7 heteroatoms. The average molecular weight is 264 g/mol. The number of esters is 1. The Balaban J connectivity index is 2.77. The SMILES string of the molecule is CCOC(=O)C(C)C1O[C@H](CO)[C@@H](O)[C@H](O)[C@H]1O. The molecule has 1 fully saturated rings. The minimum atomic E-state index is -1.47. The van der Waals surface area contributed by atoms with E-state index in [1.54, 1.807) is 6.92 Å². The van der Waals surface area contributed by atoms with E-state index < -0.39 is 49.0 Å². The molecular weight excluding hydrogens is 244 g/mol. The lowest BCUT2D eigenvalue weighted by Gasteiger charge is -2.41. The standard InChI is InChI=1S/C11H20O7/c1-3-17-11(16)5(2)10-9(15)8(14)7(13)6(4-12)18-10/h5-10,12-15H,3-4H2,1-2H3/t5?,6-,7-,8+,9-,10?/m1/s1. The molecule has 0 aromatic carbocycles. The first-order valence-corrected chi connectivity index (χ1v) is 5.91. The first-order valence-electron chi connectivity index (χ1n) is 5.91. The summed E-state index contributed by atoms with van der Waals surface area (Å²) in [7, 11) is 0. The summed E-state index contributed by atoms with van der Waals surface area (Å²) < 4.78 is 10.0. The van der Waals surface area contributed by atoms with Gasteiger partial charge in [-0.3, -0.25) is 4.79 Å². The summed E-state index contributed by atoms with van der Waals surface area (Å²) >= 11 is 0. The van der Waals surface area contributed by atoms with E-state index in [0.29, 0.717) is 0 Å². The van der Waals surface area contributed by atoms with Crippen molar-refractivity contribution < 1.29 is 34.7 Å². The smallest absolute Gasteiger partial charge is 0.311 e. The summed E-state index contributed by atoms with van der Waals surface area (Å²) in [6.45, 7) is 2.82. The lowest BCUT2D eigenvalue weighted by Crippen LogP contribution is -2.60. The molecule has 4 N–H and O–H groups in total. The molecular formula is C11H20O7. The molecule has 6 atom stereocenters. The first-order chi connectivity index (χ1) is 8.43. The van der Waals surface area contributed by atoms with E-state index in [-0.39, 0.29) is 6.61 Å². The Kier molecular flexibility index (Phi) is 5.48. The van der Waals surface area contributed by atoms with Crippen LogP contribution in [0.5, 0.6) is 0 Å². The monoisotopic (exact) mass is 264 g/mol. The van der Waals surface area contributed by atoms with Crippen LogP contribution in [0.15, 0.2) is 0 Å². The topological polar surface area (TPSA) is 116 Å². The fraction of sp³-hybridized carbons (Fsp3) is 0.909. The van der Waals surface area contributed by atoms with Crippen LogP contribution in [0.1, 0.15) is 13.8 Å². The molecule has 0 spiro atoms. The third-order valence-corrected chi connectivity index (χ3v) is 3.08. The van der Waals surface area contributed by atoms with Crippen molar-refractivity contribution in [3.63, 3.8) is 0 Å². The van der Waals surface area contributed by atoms with Gasteiger partial charge in [0.1, 0.15) is 24.4 Å². The van der Waals surface area contributed by atoms with Crippen molar-refractivity contribution in [3.05, 3.63) is 0 Å². The Labute approximate surface area is 105 Å². The number of hydrogen-bond acceptors (Lipinski definition) is 7. The number of aliphatic hydroxyl groups is 4. The molecule has 0 aliphatic carbocycles. The van der Waals surface area contributed by atoms with Gasteiger partial charge in [0, 0.05) is 0 Å². The van der Waals surface area contributed by atoms with Crippen molar-refractivity contribution in [1.82, 2.24) is 0 Å². The zero-order valence-corrected chi connectivity index (χ0v) is 10.4. The van der Waals surface area contributed by atoms with Gasteiger partial charge in [0.15, 0.2) is 0 Å². The molecule has 2 unspecified atom stereocenters. The molecule has 0 aromatic heterocycles. The van der Waals surface area contributed by atoms with Gasteiger partial charge in [0.05, 0.1) is 25.2 Å². The second-order valence-corrected chi connectivity index (χ2v) is 4.33. The summed E-state index contributed by atoms with van der Waals surface area (Å²) in [4.78, 5) is 11.6. The van der Waals surface area contributed by atoms with Crippen molar-refractivity contribution in [2.75, 3.05) is 13.2 Å². The van der Waals surface area contributed by atoms with E-state index in [9.17, 15) is 20.1 Å². The van der Waals surface area contributed by atoms with Crippen molar-refractivity contribution in [2.45, 2.75) is 44.4 Å². The first kappa shape index (κ1) is 15.3. The lowest BCUT2D eigenvalue weighted by molar-refractivity contribution is -0.241. The molecule has 106 valence electrons. The average Bonchev–Trinajstić information content (AvgIpc) is 2.36. The van der Waals surface area contributed by atoms with Gasteiger partial charge in [-0.25, -0.2) is 0 Å². The predicted molar refractivity (Wildman–Crippen MR) is 59.6 cm³/mol. The number of hydrogen-bond donors (Lipinski definition) is 4. The van der Waals surface area contributed by atoms with Crippen LogP contribution in [0.3, 0.4) is 0 Å². The van der Waals surface area contributed by atoms with E-state index >= 15 is 0 Å². The number of aliphatic hydroxyl groups excluding tert-OH is 4. The van der Waals surface area contributed by atoms with E-state index in [4.69, 9.17) is 14.6 Å². The molecule has 1 rings (SSSR count). The molecule has 0 aromatic rings. The zero-order valence-electron chi connectivity index (χ0n) is 10.4. The van der Waals surface area contributed by atoms with Crippen molar-refractivity contribution in [3.8, 4) is 0 Å². The molecule has 0 amide bonds. The van der Waals surface area contributed by atoms with Gasteiger partial charge in [0.2, 0.25) is 0 Å². The highest BCUT2D eigenvalue weighted by molar-refractivity contribution is 5.72. The Hall–Kier alpha value is -0.730. The minimum absolute atomic E-state index is 0.195. The van der Waals surface area contributed by atoms with E-state index in [1.807, 2.05) is 0 Å². The van der Waals surface area contributed by atoms with Crippen molar-refractivity contribution >= 4 is 5.97 Å². The van der Waals surface area contributed by atoms with Gasteiger partial charge in [-0.2, -0.15) is 0 Å². The van der Waals surface area contributed by atoms with Gasteiger partial charge in [-0.1, -0.05) is 0 Å². The number of carbonyl (C=O) groups is 1. The fourth-order valence-corrected chi connectivity index (χ4v) is 1.95. The van der Waals surface area contributed by atoms with Gasteiger partial charge in [-0.15, -0.1) is 0 Å². The van der Waals surface area contributed by atoms with Crippen LogP contribution < -0.4 is 0 Å². The summed E-state index contributed by atoms with van der Waals surface area (Å²) in [5.74, 6) is -1.38. The van der Waals surface area contributed by atoms with Crippen molar-refractivity contribution in [2.24, 2.45) is 5.92 Å². The second-order valence-electron chi connectivity index (χ2n) is 4.33. The third kappa shape index (κ3) is 2.99. The quantitative estimate of drug-likeness (QED) is 0.435. The van der Waals surface area contributed by atoms with Crippen molar-refractivity contribution in [1.29, 1.82) is 0 Å². The van der Waals surface area contributed by atoms with Gasteiger partial charge >= 0.3 is 5.97 Å². The van der Waals surface area contributed by atoms with Crippen LogP contribution in [-0.2, 0) is 14.3 Å². The number of rotatable bonds is 4. The van der Waals surface area contributed by atoms with E-state index in [2.05, 4.69) is 0 Å². The summed E-state index contributed by atoms with van der Waals surface area (Å²) in [6, 6.07) is 0. The van der Waals surface area contributed by atoms with E-state index in [1.165, 1.54) is 6.92 Å². The Morgan fingerprint density at radius 1 is 1.28 bits per heavy atom. The molecule has 7 nitrogen and oxygen atoms in total. The third-order valence-electron chi connectivity index (χ3n) is 3.08. The highest BCUT2D eigenvalue weighted by Gasteiger charge is 2.47. The summed E-state index contributed by atoms with van der Waals surface area (Å²) in [5, 5.41) is 38.0. The largest absolute Gasteiger partial charge is 0.466 e. The predicted octanol–water partition coefficient (Wildman–Crippen LogP) is -1.97. The Morgan fingerprint density at radius 2 is 1.89 bits per heavy atom. The molecule has 0 radical (unpaired) electrons. The minimum Gasteiger partial charge on any atom is -0.466 e. The highest BCUT2D eigenvalue weighted by atomic mass is 16.6. The maximum atomic E-state index is 11.6. The lowest BCUT2D eigenvalue weighted by atomic mass is 9.89. The number of carbonyl (C=O) groups excluding carboxylic acids is 1. The van der Waals surface area contributed by atoms with Crippen LogP contribution in [0.2, 0.25) is 0 Å². The van der Waals surface area contributed by atoms with Crippen LogP contribution in [0.4, 0.5) is 0 Å². The van der Waals surface area contributed by atoms with Gasteiger partial charge in [0.25, 0.3) is 0 Å². The van der Waals surface area contributed by atoms with Crippen LogP contribution >= 0.6 is 0 Å². The maximum Gasteiger partial charge on any atom is 0.311 e. The van der Waals surface area contributed by atoms with Gasteiger partial charge in [-0.05, 0) is 13.8 Å². The van der Waals surface area contributed by atoms with E-state index in [0.717, 1.165) is 0 Å². The van der Waals surface area contributed by atoms with Gasteiger partial charge < -0.3 is 29.9 Å². The fourth-order valence-electron chi connectivity index (χ4n) is 1.95. The zero-order chi connectivity index (χ0) is 13.9. The number of ether oxygens (including phenoxy) is 2. The molecule has 1 heterocycles. The molecule has 18 heavy (non-hydrogen) atoms. The molecule has 1 saturated heterocycles. The summed E-state index contributed by atoms with van der Waals surface area (Å²) in [5.41, 5.74) is 0. The molecule has 1 aliphatic heterocycles. The Bertz CT molecular complexity index is 281. The molecule has 0 bridgehead atoms.